The van der Waals surface area contributed by atoms with Gasteiger partial charge in [-0.1, -0.05) is 12.1 Å². The largest absolute Gasteiger partial charge is 0.507 e. The van der Waals surface area contributed by atoms with Gasteiger partial charge in [-0.15, -0.1) is 0 Å². The van der Waals surface area contributed by atoms with Crippen LogP contribution < -0.4 is 9.47 Å². The van der Waals surface area contributed by atoms with Crippen molar-refractivity contribution in [1.29, 1.82) is 0 Å². The highest BCUT2D eigenvalue weighted by atomic mass is 16.5. The number of benzene rings is 2. The van der Waals surface area contributed by atoms with E-state index >= 15 is 0 Å². The molecule has 0 fully saturated rings. The van der Waals surface area contributed by atoms with Crippen molar-refractivity contribution in [2.75, 3.05) is 14.2 Å². The summed E-state index contributed by atoms with van der Waals surface area (Å²) in [4.78, 5) is 25.2. The average Bonchev–Trinajstić information content (AvgIpc) is 2.51. The van der Waals surface area contributed by atoms with E-state index in [1.165, 1.54) is 38.5 Å². The molecule has 21 heavy (non-hydrogen) atoms. The maximum atomic E-state index is 12.6. The molecule has 0 atom stereocenters. The molecular formula is C16H12O5. The van der Waals surface area contributed by atoms with E-state index in [0.29, 0.717) is 5.75 Å². The molecule has 0 bridgehead atoms. The second kappa shape index (κ2) is 4.63. The van der Waals surface area contributed by atoms with E-state index in [1.807, 2.05) is 0 Å². The SMILES string of the molecule is COc1cc(OC)c2c(c1)C(=O)c1c(O)cccc1C2=O. The van der Waals surface area contributed by atoms with Crippen LogP contribution in [0.4, 0.5) is 0 Å². The third-order valence-electron chi connectivity index (χ3n) is 3.52. The highest BCUT2D eigenvalue weighted by Crippen LogP contribution is 2.38. The lowest BCUT2D eigenvalue weighted by molar-refractivity contribution is 0.0973. The summed E-state index contributed by atoms with van der Waals surface area (Å²) in [5, 5.41) is 9.89. The number of phenolic OH excluding ortho intramolecular Hbond substituents is 1. The van der Waals surface area contributed by atoms with Crippen LogP contribution in [0.2, 0.25) is 0 Å². The molecule has 3 rings (SSSR count). The first-order valence-electron chi connectivity index (χ1n) is 6.26. The summed E-state index contributed by atoms with van der Waals surface area (Å²) in [6.45, 7) is 0. The molecule has 0 aromatic heterocycles. The summed E-state index contributed by atoms with van der Waals surface area (Å²) >= 11 is 0. The number of aromatic hydroxyl groups is 1. The predicted octanol–water partition coefficient (Wildman–Crippen LogP) is 2.18. The van der Waals surface area contributed by atoms with Crippen LogP contribution in [-0.2, 0) is 0 Å². The monoisotopic (exact) mass is 284 g/mol. The fourth-order valence-electron chi connectivity index (χ4n) is 2.52. The average molecular weight is 284 g/mol. The Morgan fingerprint density at radius 2 is 1.62 bits per heavy atom. The summed E-state index contributed by atoms with van der Waals surface area (Å²) in [5.41, 5.74) is 0.563. The van der Waals surface area contributed by atoms with Gasteiger partial charge in [-0.05, 0) is 12.1 Å². The third-order valence-corrected chi connectivity index (χ3v) is 3.52. The number of hydrogen-bond acceptors (Lipinski definition) is 5. The molecule has 0 saturated carbocycles. The Morgan fingerprint density at radius 3 is 2.29 bits per heavy atom. The van der Waals surface area contributed by atoms with Gasteiger partial charge in [0, 0.05) is 17.2 Å². The van der Waals surface area contributed by atoms with E-state index < -0.39 is 5.78 Å². The number of carbonyl (C=O) groups excluding carboxylic acids is 2. The summed E-state index contributed by atoms with van der Waals surface area (Å²) in [7, 11) is 2.88. The van der Waals surface area contributed by atoms with Crippen molar-refractivity contribution in [2.45, 2.75) is 0 Å². The van der Waals surface area contributed by atoms with Crippen molar-refractivity contribution in [1.82, 2.24) is 0 Å². The lowest BCUT2D eigenvalue weighted by Gasteiger charge is -2.21. The molecule has 0 heterocycles. The molecule has 2 aromatic carbocycles. The highest BCUT2D eigenvalue weighted by Gasteiger charge is 2.34. The predicted molar refractivity (Wildman–Crippen MR) is 74.5 cm³/mol. The van der Waals surface area contributed by atoms with Crippen LogP contribution in [0.5, 0.6) is 17.2 Å². The molecule has 2 aromatic rings. The number of ketones is 2. The van der Waals surface area contributed by atoms with Gasteiger partial charge >= 0.3 is 0 Å². The zero-order valence-corrected chi connectivity index (χ0v) is 11.5. The Labute approximate surface area is 120 Å². The number of ether oxygens (including phenoxy) is 2. The lowest BCUT2D eigenvalue weighted by Crippen LogP contribution is -2.22. The Kier molecular flexibility index (Phi) is 2.90. The summed E-state index contributed by atoms with van der Waals surface area (Å²) in [6, 6.07) is 7.46. The standard InChI is InChI=1S/C16H12O5/c1-20-8-6-10-14(12(7-8)21-2)15(18)9-4-3-5-11(17)13(9)16(10)19/h3-7,17H,1-2H3. The van der Waals surface area contributed by atoms with Crippen LogP contribution in [0.1, 0.15) is 31.8 Å². The van der Waals surface area contributed by atoms with E-state index in [4.69, 9.17) is 9.47 Å². The van der Waals surface area contributed by atoms with Crippen LogP contribution in [0.15, 0.2) is 30.3 Å². The molecule has 0 radical (unpaired) electrons. The molecular weight excluding hydrogens is 272 g/mol. The first-order valence-corrected chi connectivity index (χ1v) is 6.26. The minimum Gasteiger partial charge on any atom is -0.507 e. The Bertz CT molecular complexity index is 776. The quantitative estimate of drug-likeness (QED) is 0.781. The second-order valence-electron chi connectivity index (χ2n) is 4.61. The van der Waals surface area contributed by atoms with Crippen LogP contribution in [0.25, 0.3) is 0 Å². The first kappa shape index (κ1) is 13.2. The number of fused-ring (bicyclic) bond motifs is 2. The number of carbonyl (C=O) groups is 2. The van der Waals surface area contributed by atoms with E-state index in [0.717, 1.165) is 0 Å². The first-order chi connectivity index (χ1) is 10.1. The summed E-state index contributed by atoms with van der Waals surface area (Å²) < 4.78 is 10.3. The van der Waals surface area contributed by atoms with Gasteiger partial charge < -0.3 is 14.6 Å². The fourth-order valence-corrected chi connectivity index (χ4v) is 2.52. The molecule has 0 unspecified atom stereocenters. The van der Waals surface area contributed by atoms with Gasteiger partial charge in [-0.2, -0.15) is 0 Å². The molecule has 1 aliphatic carbocycles. The van der Waals surface area contributed by atoms with Gasteiger partial charge in [-0.25, -0.2) is 0 Å². The van der Waals surface area contributed by atoms with Gasteiger partial charge in [0.1, 0.15) is 17.2 Å². The Hall–Kier alpha value is -2.82. The van der Waals surface area contributed by atoms with Crippen LogP contribution in [-0.4, -0.2) is 30.9 Å². The van der Waals surface area contributed by atoms with Gasteiger partial charge in [0.05, 0.1) is 25.3 Å². The molecule has 0 amide bonds. The van der Waals surface area contributed by atoms with E-state index in [2.05, 4.69) is 0 Å². The van der Waals surface area contributed by atoms with E-state index in [-0.39, 0.29) is 39.5 Å². The molecule has 5 nitrogen and oxygen atoms in total. The third kappa shape index (κ3) is 1.78. The van der Waals surface area contributed by atoms with E-state index in [1.54, 1.807) is 6.07 Å². The zero-order valence-electron chi connectivity index (χ0n) is 11.5. The molecule has 1 aliphatic rings. The van der Waals surface area contributed by atoms with Crippen LogP contribution >= 0.6 is 0 Å². The van der Waals surface area contributed by atoms with Crippen LogP contribution in [0.3, 0.4) is 0 Å². The maximum Gasteiger partial charge on any atom is 0.198 e. The van der Waals surface area contributed by atoms with Crippen LogP contribution in [0, 0.1) is 0 Å². The minimum absolute atomic E-state index is 0.0188. The molecule has 0 saturated heterocycles. The maximum absolute atomic E-state index is 12.6. The normalized spacial score (nSPS) is 12.7. The van der Waals surface area contributed by atoms with Crippen molar-refractivity contribution in [3.63, 3.8) is 0 Å². The molecule has 1 N–H and O–H groups in total. The lowest BCUT2D eigenvalue weighted by atomic mass is 9.83. The van der Waals surface area contributed by atoms with Gasteiger partial charge in [-0.3, -0.25) is 9.59 Å². The number of rotatable bonds is 2. The summed E-state index contributed by atoms with van der Waals surface area (Å²) in [6.07, 6.45) is 0. The smallest absolute Gasteiger partial charge is 0.198 e. The van der Waals surface area contributed by atoms with Crippen molar-refractivity contribution in [3.8, 4) is 17.2 Å². The zero-order chi connectivity index (χ0) is 15.1. The van der Waals surface area contributed by atoms with Crippen molar-refractivity contribution < 1.29 is 24.2 Å². The van der Waals surface area contributed by atoms with Gasteiger partial charge in [0.2, 0.25) is 0 Å². The minimum atomic E-state index is -0.421. The highest BCUT2D eigenvalue weighted by molar-refractivity contribution is 6.30. The Balaban J connectivity index is 2.35. The topological polar surface area (TPSA) is 72.8 Å². The molecule has 0 aliphatic heterocycles. The number of phenols is 1. The fraction of sp³-hybridized carbons (Fsp3) is 0.125. The number of hydrogen-bond donors (Lipinski definition) is 1. The molecule has 5 heteroatoms. The molecule has 0 spiro atoms. The van der Waals surface area contributed by atoms with Gasteiger partial charge in [0.15, 0.2) is 11.6 Å². The van der Waals surface area contributed by atoms with Crippen molar-refractivity contribution in [2.24, 2.45) is 0 Å². The molecule has 106 valence electrons. The van der Waals surface area contributed by atoms with Gasteiger partial charge in [0.25, 0.3) is 0 Å². The second-order valence-corrected chi connectivity index (χ2v) is 4.61. The Morgan fingerprint density at radius 1 is 0.905 bits per heavy atom. The van der Waals surface area contributed by atoms with Crippen molar-refractivity contribution >= 4 is 11.6 Å². The number of methoxy groups -OCH3 is 2. The van der Waals surface area contributed by atoms with Crippen molar-refractivity contribution in [3.05, 3.63) is 52.6 Å². The van der Waals surface area contributed by atoms with E-state index in [9.17, 15) is 14.7 Å². The summed E-state index contributed by atoms with van der Waals surface area (Å²) in [5.74, 6) is -0.300.